The van der Waals surface area contributed by atoms with E-state index in [4.69, 9.17) is 17.2 Å². The van der Waals surface area contributed by atoms with E-state index in [0.29, 0.717) is 18.4 Å². The van der Waals surface area contributed by atoms with E-state index in [9.17, 15) is 0 Å². The molecule has 0 aliphatic carbocycles. The number of rotatable bonds is 2. The molecule has 2 rings (SSSR count). The van der Waals surface area contributed by atoms with Crippen LogP contribution in [0.1, 0.15) is 18.7 Å². The lowest BCUT2D eigenvalue weighted by atomic mass is 10.1. The van der Waals surface area contributed by atoms with Crippen molar-refractivity contribution in [3.8, 4) is 0 Å². The van der Waals surface area contributed by atoms with E-state index in [1.54, 1.807) is 0 Å². The van der Waals surface area contributed by atoms with Gasteiger partial charge in [-0.25, -0.2) is 0 Å². The summed E-state index contributed by atoms with van der Waals surface area (Å²) >= 11 is 0. The maximum absolute atomic E-state index is 5.83. The van der Waals surface area contributed by atoms with E-state index in [0.717, 1.165) is 25.9 Å². The number of hydrogen-bond acceptors (Lipinski definition) is 7. The van der Waals surface area contributed by atoms with E-state index >= 15 is 0 Å². The number of hydrogen-bond donors (Lipinski definition) is 3. The number of nitrogen functional groups attached to an aromatic ring is 2. The van der Waals surface area contributed by atoms with Gasteiger partial charge in [-0.2, -0.15) is 15.0 Å². The zero-order chi connectivity index (χ0) is 11.5. The number of nitrogens with two attached hydrogens (primary N) is 3. The largest absolute Gasteiger partial charge is 0.368 e. The molecule has 7 heteroatoms. The summed E-state index contributed by atoms with van der Waals surface area (Å²) in [6.45, 7) is 2.59. The highest BCUT2D eigenvalue weighted by molar-refractivity contribution is 5.25. The molecule has 0 atom stereocenters. The van der Waals surface area contributed by atoms with Crippen LogP contribution in [0.25, 0.3) is 0 Å². The summed E-state index contributed by atoms with van der Waals surface area (Å²) < 4.78 is 0. The highest BCUT2D eigenvalue weighted by atomic mass is 15.2. The van der Waals surface area contributed by atoms with Gasteiger partial charge < -0.3 is 17.2 Å². The lowest BCUT2D eigenvalue weighted by Crippen LogP contribution is -2.39. The maximum Gasteiger partial charge on any atom is 0.225 e. The fourth-order valence-corrected chi connectivity index (χ4v) is 1.84. The van der Waals surface area contributed by atoms with E-state index in [1.807, 2.05) is 0 Å². The second-order valence-corrected chi connectivity index (χ2v) is 4.08. The summed E-state index contributed by atoms with van der Waals surface area (Å²) in [5, 5.41) is 0. The summed E-state index contributed by atoms with van der Waals surface area (Å²) in [6.07, 6.45) is 2.02. The number of piperidine rings is 1. The minimum atomic E-state index is 0.177. The molecule has 2 heterocycles. The predicted octanol–water partition coefficient (Wildman–Crippen LogP) is -1.04. The molecule has 88 valence electrons. The van der Waals surface area contributed by atoms with Crippen LogP contribution in [0.15, 0.2) is 0 Å². The van der Waals surface area contributed by atoms with Crippen molar-refractivity contribution in [1.29, 1.82) is 0 Å². The molecule has 0 radical (unpaired) electrons. The minimum Gasteiger partial charge on any atom is -0.368 e. The van der Waals surface area contributed by atoms with Crippen molar-refractivity contribution in [2.45, 2.75) is 25.4 Å². The third kappa shape index (κ3) is 2.77. The van der Waals surface area contributed by atoms with Gasteiger partial charge in [0.15, 0.2) is 0 Å². The number of anilines is 2. The third-order valence-corrected chi connectivity index (χ3v) is 2.71. The Kier molecular flexibility index (Phi) is 3.16. The molecule has 0 saturated carbocycles. The first-order valence-electron chi connectivity index (χ1n) is 5.37. The van der Waals surface area contributed by atoms with Crippen molar-refractivity contribution in [1.82, 2.24) is 19.9 Å². The zero-order valence-corrected chi connectivity index (χ0v) is 9.13. The predicted molar refractivity (Wildman–Crippen MR) is 61.1 cm³/mol. The summed E-state index contributed by atoms with van der Waals surface area (Å²) in [5.74, 6) is 0.980. The van der Waals surface area contributed by atoms with E-state index in [2.05, 4.69) is 19.9 Å². The minimum absolute atomic E-state index is 0.177. The van der Waals surface area contributed by atoms with Gasteiger partial charge in [-0.05, 0) is 12.8 Å². The van der Waals surface area contributed by atoms with Crippen molar-refractivity contribution in [2.75, 3.05) is 24.6 Å². The Labute approximate surface area is 94.1 Å². The molecule has 1 fully saturated rings. The molecule has 0 spiro atoms. The van der Waals surface area contributed by atoms with E-state index in [1.165, 1.54) is 0 Å². The van der Waals surface area contributed by atoms with Gasteiger partial charge in [0.05, 0.1) is 6.54 Å². The molecule has 1 saturated heterocycles. The lowest BCUT2D eigenvalue weighted by Gasteiger charge is -2.29. The summed E-state index contributed by atoms with van der Waals surface area (Å²) in [4.78, 5) is 14.1. The van der Waals surface area contributed by atoms with Crippen LogP contribution in [0.5, 0.6) is 0 Å². The van der Waals surface area contributed by atoms with E-state index in [-0.39, 0.29) is 11.9 Å². The molecule has 1 aromatic rings. The number of likely N-dealkylation sites (tertiary alicyclic amines) is 1. The quantitative estimate of drug-likeness (QED) is 0.585. The third-order valence-electron chi connectivity index (χ3n) is 2.71. The number of nitrogens with zero attached hydrogens (tertiary/aromatic N) is 4. The molecule has 7 nitrogen and oxygen atoms in total. The molecular formula is C9H17N7. The molecule has 1 aliphatic rings. The topological polar surface area (TPSA) is 120 Å². The van der Waals surface area contributed by atoms with Crippen LogP contribution in [-0.4, -0.2) is 39.0 Å². The molecule has 0 aromatic carbocycles. The van der Waals surface area contributed by atoms with E-state index < -0.39 is 0 Å². The van der Waals surface area contributed by atoms with Gasteiger partial charge in [0.2, 0.25) is 11.9 Å². The first-order chi connectivity index (χ1) is 7.63. The molecule has 0 unspecified atom stereocenters. The average Bonchev–Trinajstić information content (AvgIpc) is 2.20. The first kappa shape index (κ1) is 11.0. The van der Waals surface area contributed by atoms with Gasteiger partial charge in [0, 0.05) is 19.1 Å². The molecular weight excluding hydrogens is 206 g/mol. The van der Waals surface area contributed by atoms with Gasteiger partial charge in [0.25, 0.3) is 0 Å². The van der Waals surface area contributed by atoms with Crippen LogP contribution in [0.3, 0.4) is 0 Å². The summed E-state index contributed by atoms with van der Waals surface area (Å²) in [5.41, 5.74) is 16.8. The summed E-state index contributed by atoms with van der Waals surface area (Å²) in [7, 11) is 0. The molecule has 16 heavy (non-hydrogen) atoms. The fourth-order valence-electron chi connectivity index (χ4n) is 1.84. The van der Waals surface area contributed by atoms with Crippen molar-refractivity contribution in [3.63, 3.8) is 0 Å². The van der Waals surface area contributed by atoms with Crippen LogP contribution in [0.2, 0.25) is 0 Å². The number of aromatic nitrogens is 3. The van der Waals surface area contributed by atoms with Gasteiger partial charge in [0.1, 0.15) is 5.82 Å². The summed E-state index contributed by atoms with van der Waals surface area (Å²) in [6, 6.07) is 0.324. The Morgan fingerprint density at radius 2 is 1.62 bits per heavy atom. The molecule has 6 N–H and O–H groups in total. The smallest absolute Gasteiger partial charge is 0.225 e. The Hall–Kier alpha value is -1.47. The lowest BCUT2D eigenvalue weighted by molar-refractivity contribution is 0.201. The highest BCUT2D eigenvalue weighted by Gasteiger charge is 2.17. The Balaban J connectivity index is 1.98. The molecule has 0 bridgehead atoms. The highest BCUT2D eigenvalue weighted by Crippen LogP contribution is 2.11. The normalized spacial score (nSPS) is 18.8. The average molecular weight is 223 g/mol. The molecule has 1 aromatic heterocycles. The second kappa shape index (κ2) is 4.58. The van der Waals surface area contributed by atoms with Crippen molar-refractivity contribution < 1.29 is 0 Å². The van der Waals surface area contributed by atoms with Crippen LogP contribution in [0.4, 0.5) is 11.9 Å². The van der Waals surface area contributed by atoms with Crippen molar-refractivity contribution in [3.05, 3.63) is 5.82 Å². The standard InChI is InChI=1S/C9H17N7/c10-6-1-3-16(4-2-6)5-7-13-8(11)15-9(12)14-7/h6H,1-5,10H2,(H4,11,12,13,14,15). The van der Waals surface area contributed by atoms with Crippen LogP contribution < -0.4 is 17.2 Å². The Bertz CT molecular complexity index is 339. The molecule has 1 aliphatic heterocycles. The Morgan fingerprint density at radius 3 is 2.19 bits per heavy atom. The first-order valence-corrected chi connectivity index (χ1v) is 5.37. The van der Waals surface area contributed by atoms with Crippen molar-refractivity contribution >= 4 is 11.9 Å². The second-order valence-electron chi connectivity index (χ2n) is 4.08. The fraction of sp³-hybridized carbons (Fsp3) is 0.667. The van der Waals surface area contributed by atoms with Crippen LogP contribution >= 0.6 is 0 Å². The maximum atomic E-state index is 5.83. The van der Waals surface area contributed by atoms with Gasteiger partial charge >= 0.3 is 0 Å². The SMILES string of the molecule is Nc1nc(N)nc(CN2CCC(N)CC2)n1. The van der Waals surface area contributed by atoms with Crippen LogP contribution in [0, 0.1) is 0 Å². The van der Waals surface area contributed by atoms with Gasteiger partial charge in [-0.3, -0.25) is 4.90 Å². The Morgan fingerprint density at radius 1 is 1.06 bits per heavy atom. The van der Waals surface area contributed by atoms with Gasteiger partial charge in [-0.1, -0.05) is 0 Å². The zero-order valence-electron chi connectivity index (χ0n) is 9.13. The molecule has 0 amide bonds. The van der Waals surface area contributed by atoms with Crippen LogP contribution in [-0.2, 0) is 6.54 Å². The van der Waals surface area contributed by atoms with Gasteiger partial charge in [-0.15, -0.1) is 0 Å². The van der Waals surface area contributed by atoms with Crippen molar-refractivity contribution in [2.24, 2.45) is 5.73 Å². The monoisotopic (exact) mass is 223 g/mol.